The minimum absolute atomic E-state index is 0.0251. The van der Waals surface area contributed by atoms with E-state index < -0.39 is 17.8 Å². The van der Waals surface area contributed by atoms with Gasteiger partial charge in [0.15, 0.2) is 0 Å². The Morgan fingerprint density at radius 1 is 1.24 bits per heavy atom. The van der Waals surface area contributed by atoms with E-state index in [4.69, 9.17) is 4.74 Å². The van der Waals surface area contributed by atoms with E-state index in [1.54, 1.807) is 6.20 Å². The molecule has 160 valence electrons. The summed E-state index contributed by atoms with van der Waals surface area (Å²) in [6.45, 7) is 9.53. The number of ether oxygens (including phenoxy) is 1. The molecule has 2 rings (SSSR count). The Labute approximate surface area is 174 Å². The fraction of sp³-hybridized carbons (Fsp3) is 0.565. The van der Waals surface area contributed by atoms with Crippen molar-refractivity contribution in [3.8, 4) is 0 Å². The number of aliphatic hydroxyl groups excluding tert-OH is 1. The van der Waals surface area contributed by atoms with E-state index in [1.807, 2.05) is 52.8 Å². The zero-order chi connectivity index (χ0) is 21.4. The van der Waals surface area contributed by atoms with Crippen molar-refractivity contribution < 1.29 is 14.6 Å². The van der Waals surface area contributed by atoms with E-state index in [9.17, 15) is 9.90 Å². The van der Waals surface area contributed by atoms with Gasteiger partial charge in [-0.3, -0.25) is 0 Å². The lowest BCUT2D eigenvalue weighted by atomic mass is 10.0. The van der Waals surface area contributed by atoms with Crippen LogP contribution in [0.1, 0.15) is 70.6 Å². The summed E-state index contributed by atoms with van der Waals surface area (Å²) < 4.78 is 5.43. The molecule has 0 saturated carbocycles. The third kappa shape index (κ3) is 8.28. The van der Waals surface area contributed by atoms with Crippen LogP contribution >= 0.6 is 0 Å². The molecule has 0 spiro atoms. The van der Waals surface area contributed by atoms with Crippen molar-refractivity contribution in [1.82, 2.24) is 15.3 Å². The number of carbonyl (C=O) groups excluding carboxylic acids is 1. The topological polar surface area (TPSA) is 87.2 Å². The molecule has 0 aliphatic carbocycles. The predicted molar refractivity (Wildman–Crippen MR) is 115 cm³/mol. The third-order valence-electron chi connectivity index (χ3n) is 4.61. The van der Waals surface area contributed by atoms with Gasteiger partial charge in [0.05, 0.1) is 18.0 Å². The van der Waals surface area contributed by atoms with E-state index in [1.165, 1.54) is 5.56 Å². The number of nitrogens with one attached hydrogen (secondary N) is 2. The number of hydrogen-bond donors (Lipinski definition) is 3. The minimum atomic E-state index is -0.532. The summed E-state index contributed by atoms with van der Waals surface area (Å²) in [5, 5.41) is 13.2. The van der Waals surface area contributed by atoms with Crippen molar-refractivity contribution in [1.29, 1.82) is 0 Å². The van der Waals surface area contributed by atoms with Crippen LogP contribution in [0.5, 0.6) is 0 Å². The number of benzene rings is 1. The van der Waals surface area contributed by atoms with Crippen molar-refractivity contribution in [2.45, 2.75) is 78.0 Å². The summed E-state index contributed by atoms with van der Waals surface area (Å²) in [7, 11) is 0. The highest BCUT2D eigenvalue weighted by Gasteiger charge is 2.20. The standard InChI is InChI=1S/C23H35N3O3/c1-16(2)21(27)19-15-24-20(26-19)13-9-12-18(14-17-10-7-6-8-11-17)25-22(28)29-23(3,4)5/h6-8,10-11,15-16,18,21,27H,9,12-14H2,1-5H3,(H,24,26)(H,25,28)/t18-,21?/m1/s1. The molecule has 0 aliphatic heterocycles. The van der Waals surface area contributed by atoms with E-state index in [0.717, 1.165) is 37.2 Å². The van der Waals surface area contributed by atoms with E-state index in [2.05, 4.69) is 27.4 Å². The smallest absolute Gasteiger partial charge is 0.407 e. The van der Waals surface area contributed by atoms with Crippen LogP contribution in [-0.2, 0) is 17.6 Å². The first kappa shape index (κ1) is 22.9. The van der Waals surface area contributed by atoms with Crippen molar-refractivity contribution in [2.75, 3.05) is 0 Å². The first-order chi connectivity index (χ1) is 13.6. The number of amides is 1. The van der Waals surface area contributed by atoms with Crippen molar-refractivity contribution in [3.05, 3.63) is 53.6 Å². The zero-order valence-electron chi connectivity index (χ0n) is 18.2. The fourth-order valence-corrected chi connectivity index (χ4v) is 3.13. The Morgan fingerprint density at radius 2 is 1.93 bits per heavy atom. The van der Waals surface area contributed by atoms with Gasteiger partial charge >= 0.3 is 6.09 Å². The van der Waals surface area contributed by atoms with Crippen LogP contribution in [0, 0.1) is 5.92 Å². The number of aromatic nitrogens is 2. The second-order valence-electron chi connectivity index (χ2n) is 8.90. The molecule has 1 amide bonds. The fourth-order valence-electron chi connectivity index (χ4n) is 3.13. The van der Waals surface area contributed by atoms with Gasteiger partial charge in [-0.15, -0.1) is 0 Å². The van der Waals surface area contributed by atoms with Gasteiger partial charge in [0, 0.05) is 12.5 Å². The van der Waals surface area contributed by atoms with Crippen molar-refractivity contribution >= 4 is 6.09 Å². The first-order valence-electron chi connectivity index (χ1n) is 10.4. The monoisotopic (exact) mass is 401 g/mol. The third-order valence-corrected chi connectivity index (χ3v) is 4.61. The lowest BCUT2D eigenvalue weighted by Gasteiger charge is -2.24. The molecule has 29 heavy (non-hydrogen) atoms. The van der Waals surface area contributed by atoms with Crippen LogP contribution in [-0.4, -0.2) is 32.8 Å². The maximum Gasteiger partial charge on any atom is 0.407 e. The molecule has 0 radical (unpaired) electrons. The van der Waals surface area contributed by atoms with Crippen LogP contribution in [0.2, 0.25) is 0 Å². The molecule has 0 aliphatic rings. The molecule has 1 unspecified atom stereocenters. The molecule has 0 fully saturated rings. The molecular weight excluding hydrogens is 366 g/mol. The summed E-state index contributed by atoms with van der Waals surface area (Å²) >= 11 is 0. The summed E-state index contributed by atoms with van der Waals surface area (Å²) in [4.78, 5) is 19.9. The number of nitrogens with zero attached hydrogens (tertiary/aromatic N) is 1. The normalized spacial score (nSPS) is 13.9. The zero-order valence-corrected chi connectivity index (χ0v) is 18.2. The van der Waals surface area contributed by atoms with Gasteiger partial charge in [-0.05, 0) is 51.5 Å². The average Bonchev–Trinajstić information content (AvgIpc) is 3.09. The maximum atomic E-state index is 12.3. The van der Waals surface area contributed by atoms with Gasteiger partial charge in [0.25, 0.3) is 0 Å². The Hall–Kier alpha value is -2.34. The number of aromatic amines is 1. The highest BCUT2D eigenvalue weighted by atomic mass is 16.6. The number of H-pyrrole nitrogens is 1. The summed E-state index contributed by atoms with van der Waals surface area (Å²) in [6.07, 6.45) is 3.95. The molecule has 2 atom stereocenters. The quantitative estimate of drug-likeness (QED) is 0.575. The molecule has 2 aromatic rings. The number of imidazole rings is 1. The van der Waals surface area contributed by atoms with Crippen LogP contribution in [0.3, 0.4) is 0 Å². The predicted octanol–water partition coefficient (Wildman–Crippen LogP) is 4.56. The number of rotatable bonds is 9. The molecule has 3 N–H and O–H groups in total. The number of aryl methyl sites for hydroxylation is 1. The number of alkyl carbamates (subject to hydrolysis) is 1. The van der Waals surface area contributed by atoms with E-state index in [0.29, 0.717) is 0 Å². The van der Waals surface area contributed by atoms with Gasteiger partial charge in [-0.1, -0.05) is 44.2 Å². The van der Waals surface area contributed by atoms with Gasteiger partial charge in [-0.25, -0.2) is 9.78 Å². The van der Waals surface area contributed by atoms with Gasteiger partial charge in [0.1, 0.15) is 11.4 Å². The first-order valence-corrected chi connectivity index (χ1v) is 10.4. The largest absolute Gasteiger partial charge is 0.444 e. The average molecular weight is 402 g/mol. The van der Waals surface area contributed by atoms with Crippen molar-refractivity contribution in [2.24, 2.45) is 5.92 Å². The Kier molecular flexibility index (Phi) is 8.26. The van der Waals surface area contributed by atoms with Gasteiger partial charge < -0.3 is 20.1 Å². The van der Waals surface area contributed by atoms with E-state index >= 15 is 0 Å². The minimum Gasteiger partial charge on any atom is -0.444 e. The number of carbonyl (C=O) groups is 1. The van der Waals surface area contributed by atoms with Crippen LogP contribution in [0.25, 0.3) is 0 Å². The number of hydrogen-bond acceptors (Lipinski definition) is 4. The second kappa shape index (κ2) is 10.4. The molecule has 1 aromatic carbocycles. The van der Waals surface area contributed by atoms with Gasteiger partial charge in [-0.2, -0.15) is 0 Å². The SMILES string of the molecule is CC(C)C(O)c1cnc(CCC[C@H](Cc2ccccc2)NC(=O)OC(C)(C)C)[nH]1. The van der Waals surface area contributed by atoms with Crippen LogP contribution in [0.4, 0.5) is 4.79 Å². The molecule has 0 bridgehead atoms. The van der Waals surface area contributed by atoms with E-state index in [-0.39, 0.29) is 12.0 Å². The Balaban J connectivity index is 1.93. The summed E-state index contributed by atoms with van der Waals surface area (Å²) in [5.74, 6) is 0.993. The highest BCUT2D eigenvalue weighted by Crippen LogP contribution is 2.20. The molecule has 6 nitrogen and oxygen atoms in total. The molecule has 0 saturated heterocycles. The second-order valence-corrected chi connectivity index (χ2v) is 8.90. The summed E-state index contributed by atoms with van der Waals surface area (Å²) in [5.41, 5.74) is 1.40. The lowest BCUT2D eigenvalue weighted by molar-refractivity contribution is 0.0501. The van der Waals surface area contributed by atoms with Crippen LogP contribution in [0.15, 0.2) is 36.5 Å². The van der Waals surface area contributed by atoms with Crippen LogP contribution < -0.4 is 5.32 Å². The number of aliphatic hydroxyl groups is 1. The lowest BCUT2D eigenvalue weighted by Crippen LogP contribution is -2.40. The molecule has 1 heterocycles. The van der Waals surface area contributed by atoms with Gasteiger partial charge in [0.2, 0.25) is 0 Å². The molecule has 6 heteroatoms. The Morgan fingerprint density at radius 3 is 2.55 bits per heavy atom. The molecule has 1 aromatic heterocycles. The summed E-state index contributed by atoms with van der Waals surface area (Å²) in [6, 6.07) is 10.1. The van der Waals surface area contributed by atoms with Crippen molar-refractivity contribution in [3.63, 3.8) is 0 Å². The Bertz CT molecular complexity index is 750. The molecular formula is C23H35N3O3. The highest BCUT2D eigenvalue weighted by molar-refractivity contribution is 5.68. The maximum absolute atomic E-state index is 12.3.